The average Bonchev–Trinajstić information content (AvgIpc) is 2.46. The van der Waals surface area contributed by atoms with E-state index < -0.39 is 11.6 Å². The number of hydrogen-bond acceptors (Lipinski definition) is 2. The van der Waals surface area contributed by atoms with E-state index in [0.717, 1.165) is 22.5 Å². The summed E-state index contributed by atoms with van der Waals surface area (Å²) in [6.07, 6.45) is 0. The highest BCUT2D eigenvalue weighted by atomic mass is 35.5. The molecule has 104 valence electrons. The van der Waals surface area contributed by atoms with Crippen molar-refractivity contribution >= 4 is 28.3 Å². The molecule has 3 aromatic rings. The van der Waals surface area contributed by atoms with Crippen LogP contribution in [0, 0.1) is 12.7 Å². The van der Waals surface area contributed by atoms with Gasteiger partial charge in [-0.25, -0.2) is 9.37 Å². The quantitative estimate of drug-likeness (QED) is 0.649. The van der Waals surface area contributed by atoms with Crippen LogP contribution in [0.15, 0.2) is 48.5 Å². The van der Waals surface area contributed by atoms with Crippen LogP contribution in [-0.4, -0.2) is 10.8 Å². The van der Waals surface area contributed by atoms with Crippen LogP contribution in [-0.2, 0) is 0 Å². The molecule has 0 bridgehead atoms. The van der Waals surface area contributed by atoms with Crippen LogP contribution >= 0.6 is 11.6 Å². The van der Waals surface area contributed by atoms with Gasteiger partial charge in [0.25, 0.3) is 0 Å². The van der Waals surface area contributed by atoms with E-state index in [-0.39, 0.29) is 16.3 Å². The lowest BCUT2D eigenvalue weighted by atomic mass is 10.0. The molecule has 3 rings (SSSR count). The summed E-state index contributed by atoms with van der Waals surface area (Å²) in [4.78, 5) is 16.8. The third kappa shape index (κ3) is 2.52. The van der Waals surface area contributed by atoms with Crippen LogP contribution in [0.1, 0.15) is 21.6 Å². The van der Waals surface area contributed by atoms with Crippen molar-refractivity contribution in [3.8, 4) is 0 Å². The molecule has 0 spiro atoms. The summed E-state index contributed by atoms with van der Waals surface area (Å²) in [5.41, 5.74) is 1.85. The van der Waals surface area contributed by atoms with Gasteiger partial charge in [-0.2, -0.15) is 0 Å². The van der Waals surface area contributed by atoms with Gasteiger partial charge in [-0.1, -0.05) is 29.8 Å². The summed E-state index contributed by atoms with van der Waals surface area (Å²) in [6, 6.07) is 13.2. The Morgan fingerprint density at radius 1 is 1.14 bits per heavy atom. The number of para-hydroxylation sites is 1. The van der Waals surface area contributed by atoms with Crippen LogP contribution in [0.3, 0.4) is 0 Å². The maximum Gasteiger partial charge on any atom is 0.214 e. The summed E-state index contributed by atoms with van der Waals surface area (Å²) in [5.74, 6) is -1.09. The number of rotatable bonds is 2. The van der Waals surface area contributed by atoms with Gasteiger partial charge in [-0.05, 0) is 42.8 Å². The molecule has 0 atom stereocenters. The van der Waals surface area contributed by atoms with E-state index in [4.69, 9.17) is 11.6 Å². The van der Waals surface area contributed by atoms with Crippen molar-refractivity contribution in [2.45, 2.75) is 6.92 Å². The Morgan fingerprint density at radius 3 is 2.67 bits per heavy atom. The second-order valence-electron chi connectivity index (χ2n) is 4.79. The Morgan fingerprint density at radius 2 is 1.90 bits per heavy atom. The number of carbonyl (C=O) groups is 1. The molecular formula is C17H11ClFNO. The zero-order valence-corrected chi connectivity index (χ0v) is 12.0. The lowest BCUT2D eigenvalue weighted by Crippen LogP contribution is -2.07. The Bertz CT molecular complexity index is 861. The predicted octanol–water partition coefficient (Wildman–Crippen LogP) is 4.57. The highest BCUT2D eigenvalue weighted by molar-refractivity contribution is 6.30. The number of aromatic nitrogens is 1. The summed E-state index contributed by atoms with van der Waals surface area (Å²) in [7, 11) is 0. The van der Waals surface area contributed by atoms with Crippen LogP contribution in [0.4, 0.5) is 4.39 Å². The topological polar surface area (TPSA) is 30.0 Å². The molecule has 1 heterocycles. The molecule has 0 saturated heterocycles. The molecule has 0 fully saturated rings. The van der Waals surface area contributed by atoms with Crippen LogP contribution in [0.2, 0.25) is 5.02 Å². The number of aryl methyl sites for hydroxylation is 1. The monoisotopic (exact) mass is 299 g/mol. The second-order valence-corrected chi connectivity index (χ2v) is 5.23. The fourth-order valence-corrected chi connectivity index (χ4v) is 2.44. The Hall–Kier alpha value is -2.26. The SMILES string of the molecule is Cc1cc(C(=O)c2ccc(Cl)cc2F)nc2ccccc12. The largest absolute Gasteiger partial charge is 0.287 e. The normalized spacial score (nSPS) is 10.8. The lowest BCUT2D eigenvalue weighted by molar-refractivity contribution is 0.103. The molecule has 4 heteroatoms. The van der Waals surface area contributed by atoms with Gasteiger partial charge in [-0.15, -0.1) is 0 Å². The Balaban J connectivity index is 2.13. The van der Waals surface area contributed by atoms with E-state index in [1.807, 2.05) is 31.2 Å². The number of carbonyl (C=O) groups excluding carboxylic acids is 1. The Labute approximate surface area is 126 Å². The molecule has 0 aliphatic heterocycles. The van der Waals surface area contributed by atoms with Gasteiger partial charge < -0.3 is 0 Å². The molecule has 1 aromatic heterocycles. The number of hydrogen-bond donors (Lipinski definition) is 0. The zero-order chi connectivity index (χ0) is 15.0. The van der Waals surface area contributed by atoms with Gasteiger partial charge in [0, 0.05) is 10.4 Å². The Kier molecular flexibility index (Phi) is 3.43. The maximum atomic E-state index is 13.9. The van der Waals surface area contributed by atoms with Crippen LogP contribution < -0.4 is 0 Å². The summed E-state index contributed by atoms with van der Waals surface area (Å²) in [5, 5.41) is 1.23. The van der Waals surface area contributed by atoms with Crippen molar-refractivity contribution in [1.82, 2.24) is 4.98 Å². The molecule has 21 heavy (non-hydrogen) atoms. The van der Waals surface area contributed by atoms with E-state index in [2.05, 4.69) is 4.98 Å². The minimum absolute atomic E-state index is 0.0263. The minimum Gasteiger partial charge on any atom is -0.287 e. The standard InChI is InChI=1S/C17H11ClFNO/c1-10-8-16(20-15-5-3-2-4-12(10)15)17(21)13-7-6-11(18)9-14(13)19/h2-9H,1H3. The number of ketones is 1. The van der Waals surface area contributed by atoms with E-state index in [9.17, 15) is 9.18 Å². The first-order valence-electron chi connectivity index (χ1n) is 6.42. The maximum absolute atomic E-state index is 13.9. The molecule has 2 nitrogen and oxygen atoms in total. The number of benzene rings is 2. The first-order valence-corrected chi connectivity index (χ1v) is 6.80. The highest BCUT2D eigenvalue weighted by Gasteiger charge is 2.16. The fourth-order valence-electron chi connectivity index (χ4n) is 2.28. The van der Waals surface area contributed by atoms with Crippen molar-refractivity contribution < 1.29 is 9.18 Å². The second kappa shape index (κ2) is 5.26. The van der Waals surface area contributed by atoms with Gasteiger partial charge in [-0.3, -0.25) is 4.79 Å². The first kappa shape index (κ1) is 13.7. The minimum atomic E-state index is -0.639. The number of pyridine rings is 1. The molecule has 0 amide bonds. The molecule has 2 aromatic carbocycles. The zero-order valence-electron chi connectivity index (χ0n) is 11.2. The van der Waals surface area contributed by atoms with E-state index >= 15 is 0 Å². The number of fused-ring (bicyclic) bond motifs is 1. The molecule has 0 aliphatic rings. The van der Waals surface area contributed by atoms with Gasteiger partial charge in [0.2, 0.25) is 5.78 Å². The number of halogens is 2. The molecule has 0 saturated carbocycles. The van der Waals surface area contributed by atoms with Crippen LogP contribution in [0.5, 0.6) is 0 Å². The smallest absolute Gasteiger partial charge is 0.214 e. The van der Waals surface area contributed by atoms with Crippen molar-refractivity contribution in [3.05, 3.63) is 76.2 Å². The summed E-state index contributed by atoms with van der Waals surface area (Å²) < 4.78 is 13.9. The average molecular weight is 300 g/mol. The first-order chi connectivity index (χ1) is 10.1. The molecule has 0 unspecified atom stereocenters. The molecule has 0 radical (unpaired) electrons. The molecule has 0 N–H and O–H groups in total. The van der Waals surface area contributed by atoms with E-state index in [1.54, 1.807) is 6.07 Å². The van der Waals surface area contributed by atoms with Gasteiger partial charge in [0.1, 0.15) is 11.5 Å². The van der Waals surface area contributed by atoms with Crippen molar-refractivity contribution in [1.29, 1.82) is 0 Å². The van der Waals surface area contributed by atoms with Gasteiger partial charge >= 0.3 is 0 Å². The lowest BCUT2D eigenvalue weighted by Gasteiger charge is -2.07. The third-order valence-corrected chi connectivity index (χ3v) is 3.57. The van der Waals surface area contributed by atoms with Gasteiger partial charge in [0.15, 0.2) is 0 Å². The van der Waals surface area contributed by atoms with Crippen LogP contribution in [0.25, 0.3) is 10.9 Å². The van der Waals surface area contributed by atoms with Gasteiger partial charge in [0.05, 0.1) is 11.1 Å². The number of nitrogens with zero attached hydrogens (tertiary/aromatic N) is 1. The van der Waals surface area contributed by atoms with Crippen molar-refractivity contribution in [2.75, 3.05) is 0 Å². The highest BCUT2D eigenvalue weighted by Crippen LogP contribution is 2.21. The van der Waals surface area contributed by atoms with E-state index in [1.165, 1.54) is 12.1 Å². The van der Waals surface area contributed by atoms with Crippen molar-refractivity contribution in [3.63, 3.8) is 0 Å². The summed E-state index contributed by atoms with van der Waals surface area (Å²) >= 11 is 5.70. The molecule has 0 aliphatic carbocycles. The predicted molar refractivity (Wildman–Crippen MR) is 81.3 cm³/mol. The third-order valence-electron chi connectivity index (χ3n) is 3.33. The molecular weight excluding hydrogens is 289 g/mol. The van der Waals surface area contributed by atoms with Crippen molar-refractivity contribution in [2.24, 2.45) is 0 Å². The summed E-state index contributed by atoms with van der Waals surface area (Å²) in [6.45, 7) is 1.90. The fraction of sp³-hybridized carbons (Fsp3) is 0.0588. The van der Waals surface area contributed by atoms with E-state index in [0.29, 0.717) is 0 Å².